The second-order valence-electron chi connectivity index (χ2n) is 5.02. The van der Waals surface area contributed by atoms with Gasteiger partial charge in [-0.05, 0) is 18.5 Å². The van der Waals surface area contributed by atoms with E-state index in [0.717, 1.165) is 0 Å². The monoisotopic (exact) mass is 297 g/mol. The van der Waals surface area contributed by atoms with Gasteiger partial charge in [0.2, 0.25) is 0 Å². The van der Waals surface area contributed by atoms with E-state index in [1.165, 1.54) is 4.90 Å². The molecule has 112 valence electrons. The van der Waals surface area contributed by atoms with Crippen molar-refractivity contribution in [3.05, 3.63) is 35.9 Å². The number of benzene rings is 1. The van der Waals surface area contributed by atoms with Crippen LogP contribution in [0.5, 0.6) is 0 Å². The third-order valence-electron chi connectivity index (χ3n) is 3.68. The van der Waals surface area contributed by atoms with Crippen LogP contribution in [-0.4, -0.2) is 30.3 Å². The van der Waals surface area contributed by atoms with Gasteiger partial charge in [-0.2, -0.15) is 26.3 Å². The standard InChI is InChI=1S/C13H13F6N/c14-12(15,16)11(13(17,18)19)6-7-20(9-11)8-10-4-2-1-3-5-10/h1-5H,6-9H2. The molecule has 7 heteroatoms. The van der Waals surface area contributed by atoms with Crippen LogP contribution in [0, 0.1) is 5.41 Å². The highest BCUT2D eigenvalue weighted by Gasteiger charge is 2.72. The lowest BCUT2D eigenvalue weighted by molar-refractivity contribution is -0.335. The Morgan fingerprint density at radius 3 is 1.95 bits per heavy atom. The third-order valence-corrected chi connectivity index (χ3v) is 3.68. The zero-order chi connectivity index (χ0) is 15.0. The summed E-state index contributed by atoms with van der Waals surface area (Å²) in [6.07, 6.45) is -11.5. The molecule has 20 heavy (non-hydrogen) atoms. The van der Waals surface area contributed by atoms with E-state index in [0.29, 0.717) is 5.56 Å². The molecule has 1 aliphatic heterocycles. The zero-order valence-corrected chi connectivity index (χ0v) is 10.4. The Hall–Kier alpha value is -1.24. The molecular formula is C13H13F6N. The summed E-state index contributed by atoms with van der Waals surface area (Å²) < 4.78 is 77.3. The van der Waals surface area contributed by atoms with Crippen LogP contribution in [0.15, 0.2) is 30.3 Å². The van der Waals surface area contributed by atoms with Crippen molar-refractivity contribution in [2.45, 2.75) is 25.3 Å². The first-order valence-corrected chi connectivity index (χ1v) is 6.05. The number of likely N-dealkylation sites (tertiary alicyclic amines) is 1. The van der Waals surface area contributed by atoms with Crippen molar-refractivity contribution in [3.63, 3.8) is 0 Å². The first kappa shape index (κ1) is 15.2. The summed E-state index contributed by atoms with van der Waals surface area (Å²) in [6.45, 7) is -1.16. The van der Waals surface area contributed by atoms with Crippen molar-refractivity contribution in [1.82, 2.24) is 4.90 Å². The van der Waals surface area contributed by atoms with E-state index in [1.807, 2.05) is 0 Å². The fourth-order valence-electron chi connectivity index (χ4n) is 2.49. The van der Waals surface area contributed by atoms with E-state index in [2.05, 4.69) is 0 Å². The second kappa shape index (κ2) is 4.95. The van der Waals surface area contributed by atoms with Crippen molar-refractivity contribution in [2.24, 2.45) is 5.41 Å². The predicted molar refractivity (Wildman–Crippen MR) is 60.9 cm³/mol. The molecular weight excluding hydrogens is 284 g/mol. The summed E-state index contributed by atoms with van der Waals surface area (Å²) in [5.74, 6) is 0. The van der Waals surface area contributed by atoms with Gasteiger partial charge in [0.25, 0.3) is 0 Å². The highest BCUT2D eigenvalue weighted by Crippen LogP contribution is 2.55. The maximum atomic E-state index is 12.9. The Kier molecular flexibility index (Phi) is 3.75. The van der Waals surface area contributed by atoms with Crippen LogP contribution in [0.3, 0.4) is 0 Å². The van der Waals surface area contributed by atoms with E-state index in [1.54, 1.807) is 30.3 Å². The molecule has 1 aliphatic rings. The van der Waals surface area contributed by atoms with Gasteiger partial charge >= 0.3 is 12.4 Å². The van der Waals surface area contributed by atoms with Gasteiger partial charge in [-0.1, -0.05) is 30.3 Å². The molecule has 0 aromatic heterocycles. The highest BCUT2D eigenvalue weighted by molar-refractivity contribution is 5.15. The molecule has 1 aromatic carbocycles. The zero-order valence-electron chi connectivity index (χ0n) is 10.4. The van der Waals surface area contributed by atoms with Crippen LogP contribution in [0.4, 0.5) is 26.3 Å². The Bertz CT molecular complexity index is 436. The molecule has 1 saturated heterocycles. The van der Waals surface area contributed by atoms with Crippen molar-refractivity contribution in [3.8, 4) is 0 Å². The smallest absolute Gasteiger partial charge is 0.298 e. The SMILES string of the molecule is FC(F)(F)C1(C(F)(F)F)CCN(Cc2ccccc2)C1. The fourth-order valence-corrected chi connectivity index (χ4v) is 2.49. The van der Waals surface area contributed by atoms with E-state index in [-0.39, 0.29) is 13.1 Å². The Morgan fingerprint density at radius 2 is 1.50 bits per heavy atom. The summed E-state index contributed by atoms with van der Waals surface area (Å²) >= 11 is 0. The fraction of sp³-hybridized carbons (Fsp3) is 0.538. The topological polar surface area (TPSA) is 3.24 Å². The molecule has 0 aliphatic carbocycles. The Balaban J connectivity index is 2.17. The lowest BCUT2D eigenvalue weighted by atomic mass is 9.85. The van der Waals surface area contributed by atoms with E-state index in [4.69, 9.17) is 0 Å². The van der Waals surface area contributed by atoms with Crippen molar-refractivity contribution >= 4 is 0 Å². The number of hydrogen-bond donors (Lipinski definition) is 0. The van der Waals surface area contributed by atoms with E-state index in [9.17, 15) is 26.3 Å². The first-order chi connectivity index (χ1) is 9.16. The maximum absolute atomic E-state index is 12.9. The molecule has 0 unspecified atom stereocenters. The summed E-state index contributed by atoms with van der Waals surface area (Å²) in [7, 11) is 0. The van der Waals surface area contributed by atoms with Gasteiger partial charge in [0.05, 0.1) is 0 Å². The van der Waals surface area contributed by atoms with Gasteiger partial charge in [-0.15, -0.1) is 0 Å². The number of nitrogens with zero attached hydrogens (tertiary/aromatic N) is 1. The molecule has 1 aromatic rings. The van der Waals surface area contributed by atoms with Crippen LogP contribution in [-0.2, 0) is 6.54 Å². The summed E-state index contributed by atoms with van der Waals surface area (Å²) in [4.78, 5) is 1.20. The van der Waals surface area contributed by atoms with E-state index < -0.39 is 30.7 Å². The van der Waals surface area contributed by atoms with Crippen LogP contribution in [0.2, 0.25) is 0 Å². The minimum Gasteiger partial charge on any atom is -0.298 e. The molecule has 1 nitrogen and oxygen atoms in total. The van der Waals surface area contributed by atoms with Crippen LogP contribution in [0.1, 0.15) is 12.0 Å². The molecule has 0 amide bonds. The van der Waals surface area contributed by atoms with E-state index >= 15 is 0 Å². The van der Waals surface area contributed by atoms with Gasteiger partial charge in [-0.3, -0.25) is 4.90 Å². The van der Waals surface area contributed by atoms with Crippen molar-refractivity contribution < 1.29 is 26.3 Å². The van der Waals surface area contributed by atoms with Gasteiger partial charge in [0.1, 0.15) is 0 Å². The number of alkyl halides is 6. The predicted octanol–water partition coefficient (Wildman–Crippen LogP) is 4.00. The maximum Gasteiger partial charge on any atom is 0.404 e. The normalized spacial score (nSPS) is 20.3. The third kappa shape index (κ3) is 2.63. The van der Waals surface area contributed by atoms with Crippen LogP contribution < -0.4 is 0 Å². The minimum absolute atomic E-state index is 0.0920. The van der Waals surface area contributed by atoms with Gasteiger partial charge < -0.3 is 0 Å². The summed E-state index contributed by atoms with van der Waals surface area (Å²) in [5.41, 5.74) is -2.90. The number of rotatable bonds is 2. The average molecular weight is 297 g/mol. The highest BCUT2D eigenvalue weighted by atomic mass is 19.4. The molecule has 0 atom stereocenters. The number of hydrogen-bond acceptors (Lipinski definition) is 1. The second-order valence-corrected chi connectivity index (χ2v) is 5.02. The molecule has 0 radical (unpaired) electrons. The lowest BCUT2D eigenvalue weighted by Gasteiger charge is -2.33. The van der Waals surface area contributed by atoms with Crippen LogP contribution in [0.25, 0.3) is 0 Å². The quantitative estimate of drug-likeness (QED) is 0.746. The minimum atomic E-state index is -5.28. The molecule has 0 N–H and O–H groups in total. The van der Waals surface area contributed by atoms with Crippen molar-refractivity contribution in [1.29, 1.82) is 0 Å². The summed E-state index contributed by atoms with van der Waals surface area (Å²) in [6, 6.07) is 8.50. The Morgan fingerprint density at radius 1 is 0.950 bits per heavy atom. The van der Waals surface area contributed by atoms with Gasteiger partial charge in [0, 0.05) is 13.1 Å². The average Bonchev–Trinajstić information content (AvgIpc) is 2.74. The Labute approximate surface area is 112 Å². The molecule has 0 bridgehead atoms. The molecule has 1 heterocycles. The van der Waals surface area contributed by atoms with Gasteiger partial charge in [0.15, 0.2) is 5.41 Å². The molecule has 0 saturated carbocycles. The van der Waals surface area contributed by atoms with Gasteiger partial charge in [-0.25, -0.2) is 0 Å². The summed E-state index contributed by atoms with van der Waals surface area (Å²) in [5, 5.41) is 0. The largest absolute Gasteiger partial charge is 0.404 e. The van der Waals surface area contributed by atoms with Crippen LogP contribution >= 0.6 is 0 Å². The first-order valence-electron chi connectivity index (χ1n) is 6.05. The molecule has 0 spiro atoms. The molecule has 1 fully saturated rings. The molecule has 2 rings (SSSR count). The lowest BCUT2D eigenvalue weighted by Crippen LogP contribution is -2.51. The number of halogens is 6. The van der Waals surface area contributed by atoms with Crippen molar-refractivity contribution in [2.75, 3.05) is 13.1 Å².